The normalized spacial score (nSPS) is 11.0. The number of carbonyl (C=O) groups excluding carboxylic acids is 1. The van der Waals surface area contributed by atoms with Gasteiger partial charge in [-0.1, -0.05) is 11.6 Å². The van der Waals surface area contributed by atoms with Crippen molar-refractivity contribution in [2.24, 2.45) is 5.41 Å². The van der Waals surface area contributed by atoms with Crippen LogP contribution in [0.25, 0.3) is 0 Å². The Morgan fingerprint density at radius 1 is 1.29 bits per heavy atom. The van der Waals surface area contributed by atoms with Crippen molar-refractivity contribution in [1.29, 1.82) is 0 Å². The standard InChI is InChI=1S/C12H14ClNO3/c1-12(2,11(16)17)7-14-10(15)8-3-5-9(13)6-4-8/h3-6H,7H2,1-2H3,(H,14,15)(H,16,17). The molecule has 17 heavy (non-hydrogen) atoms. The van der Waals surface area contributed by atoms with E-state index in [0.717, 1.165) is 0 Å². The van der Waals surface area contributed by atoms with E-state index >= 15 is 0 Å². The first-order valence-corrected chi connectivity index (χ1v) is 5.48. The van der Waals surface area contributed by atoms with E-state index in [2.05, 4.69) is 5.32 Å². The minimum absolute atomic E-state index is 0.0732. The topological polar surface area (TPSA) is 66.4 Å². The first-order chi connectivity index (χ1) is 7.83. The lowest BCUT2D eigenvalue weighted by molar-refractivity contribution is -0.146. The van der Waals surface area contributed by atoms with Crippen LogP contribution in [0, 0.1) is 5.41 Å². The second-order valence-corrected chi connectivity index (χ2v) is 4.82. The van der Waals surface area contributed by atoms with Crippen LogP contribution < -0.4 is 5.32 Å². The summed E-state index contributed by atoms with van der Waals surface area (Å²) in [5.74, 6) is -1.26. The lowest BCUT2D eigenvalue weighted by atomic mass is 9.94. The average Bonchev–Trinajstić information content (AvgIpc) is 2.27. The molecule has 4 nitrogen and oxygen atoms in total. The van der Waals surface area contributed by atoms with Gasteiger partial charge < -0.3 is 10.4 Å². The number of aliphatic carboxylic acids is 1. The highest BCUT2D eigenvalue weighted by Crippen LogP contribution is 2.14. The summed E-state index contributed by atoms with van der Waals surface area (Å²) in [6, 6.07) is 6.40. The Hall–Kier alpha value is -1.55. The van der Waals surface area contributed by atoms with Crippen molar-refractivity contribution < 1.29 is 14.7 Å². The van der Waals surface area contributed by atoms with E-state index in [1.54, 1.807) is 38.1 Å². The third kappa shape index (κ3) is 3.75. The maximum atomic E-state index is 11.7. The number of amides is 1. The predicted octanol–water partition coefficient (Wildman–Crippen LogP) is 2.18. The molecule has 5 heteroatoms. The fourth-order valence-electron chi connectivity index (χ4n) is 1.08. The van der Waals surface area contributed by atoms with Crippen LogP contribution in [0.2, 0.25) is 5.02 Å². The second-order valence-electron chi connectivity index (χ2n) is 4.38. The van der Waals surface area contributed by atoms with Crippen LogP contribution in [0.1, 0.15) is 24.2 Å². The van der Waals surface area contributed by atoms with Gasteiger partial charge in [-0.05, 0) is 38.1 Å². The number of hydrogen-bond acceptors (Lipinski definition) is 2. The molecule has 0 saturated heterocycles. The molecule has 92 valence electrons. The molecule has 0 unspecified atom stereocenters. The largest absolute Gasteiger partial charge is 0.481 e. The molecule has 0 aliphatic rings. The summed E-state index contributed by atoms with van der Waals surface area (Å²) in [5, 5.41) is 12.0. The van der Waals surface area contributed by atoms with E-state index in [0.29, 0.717) is 10.6 Å². The number of carbonyl (C=O) groups is 2. The molecule has 0 aliphatic carbocycles. The van der Waals surface area contributed by atoms with Gasteiger partial charge in [0.1, 0.15) is 0 Å². The van der Waals surface area contributed by atoms with Crippen molar-refractivity contribution in [2.75, 3.05) is 6.54 Å². The minimum atomic E-state index is -0.984. The first kappa shape index (κ1) is 13.5. The van der Waals surface area contributed by atoms with Crippen LogP contribution in [0.5, 0.6) is 0 Å². The van der Waals surface area contributed by atoms with Crippen LogP contribution in [0.15, 0.2) is 24.3 Å². The number of nitrogens with one attached hydrogen (secondary N) is 1. The fraction of sp³-hybridized carbons (Fsp3) is 0.333. The van der Waals surface area contributed by atoms with E-state index < -0.39 is 11.4 Å². The fourth-order valence-corrected chi connectivity index (χ4v) is 1.21. The van der Waals surface area contributed by atoms with Crippen LogP contribution in [-0.2, 0) is 4.79 Å². The Kier molecular flexibility index (Phi) is 4.12. The zero-order valence-corrected chi connectivity index (χ0v) is 10.4. The highest BCUT2D eigenvalue weighted by atomic mass is 35.5. The summed E-state index contributed by atoms with van der Waals surface area (Å²) >= 11 is 5.70. The van der Waals surface area contributed by atoms with E-state index in [-0.39, 0.29) is 12.5 Å². The molecule has 0 aliphatic heterocycles. The van der Waals surface area contributed by atoms with Gasteiger partial charge in [-0.2, -0.15) is 0 Å². The molecule has 1 aromatic carbocycles. The summed E-state index contributed by atoms with van der Waals surface area (Å²) < 4.78 is 0. The van der Waals surface area contributed by atoms with E-state index in [4.69, 9.17) is 16.7 Å². The first-order valence-electron chi connectivity index (χ1n) is 5.10. The van der Waals surface area contributed by atoms with Gasteiger partial charge in [0, 0.05) is 17.1 Å². The van der Waals surface area contributed by atoms with Gasteiger partial charge in [-0.25, -0.2) is 0 Å². The van der Waals surface area contributed by atoms with Crippen molar-refractivity contribution in [2.45, 2.75) is 13.8 Å². The molecular weight excluding hydrogens is 242 g/mol. The van der Waals surface area contributed by atoms with Gasteiger partial charge in [0.25, 0.3) is 5.91 Å². The van der Waals surface area contributed by atoms with Crippen LogP contribution in [0.4, 0.5) is 0 Å². The van der Waals surface area contributed by atoms with Crippen molar-refractivity contribution in [1.82, 2.24) is 5.32 Å². The van der Waals surface area contributed by atoms with Crippen molar-refractivity contribution >= 4 is 23.5 Å². The molecule has 0 aromatic heterocycles. The lowest BCUT2D eigenvalue weighted by Gasteiger charge is -2.19. The Morgan fingerprint density at radius 3 is 2.29 bits per heavy atom. The molecule has 1 rings (SSSR count). The molecule has 0 bridgehead atoms. The van der Waals surface area contributed by atoms with Gasteiger partial charge in [0.15, 0.2) is 0 Å². The summed E-state index contributed by atoms with van der Waals surface area (Å²) in [6.45, 7) is 3.18. The summed E-state index contributed by atoms with van der Waals surface area (Å²) in [6.07, 6.45) is 0. The zero-order chi connectivity index (χ0) is 13.1. The number of hydrogen-bond donors (Lipinski definition) is 2. The zero-order valence-electron chi connectivity index (χ0n) is 9.66. The number of benzene rings is 1. The van der Waals surface area contributed by atoms with Gasteiger partial charge in [-0.3, -0.25) is 9.59 Å². The van der Waals surface area contributed by atoms with Gasteiger partial charge in [0.2, 0.25) is 0 Å². The van der Waals surface area contributed by atoms with Crippen LogP contribution in [-0.4, -0.2) is 23.5 Å². The van der Waals surface area contributed by atoms with E-state index in [9.17, 15) is 9.59 Å². The van der Waals surface area contributed by atoms with Crippen molar-refractivity contribution in [3.8, 4) is 0 Å². The second kappa shape index (κ2) is 5.19. The number of carboxylic acid groups (broad SMARTS) is 1. The molecule has 0 radical (unpaired) electrons. The van der Waals surface area contributed by atoms with Crippen LogP contribution in [0.3, 0.4) is 0 Å². The summed E-state index contributed by atoms with van der Waals surface area (Å²) in [5.41, 5.74) is -0.530. The molecular formula is C12H14ClNO3. The quantitative estimate of drug-likeness (QED) is 0.867. The molecule has 0 saturated carbocycles. The smallest absolute Gasteiger partial charge is 0.310 e. The van der Waals surface area contributed by atoms with Crippen molar-refractivity contribution in [3.63, 3.8) is 0 Å². The molecule has 1 amide bonds. The molecule has 0 atom stereocenters. The third-order valence-electron chi connectivity index (χ3n) is 2.38. The Labute approximate surface area is 105 Å². The van der Waals surface area contributed by atoms with Gasteiger partial charge >= 0.3 is 5.97 Å². The lowest BCUT2D eigenvalue weighted by Crippen LogP contribution is -2.38. The van der Waals surface area contributed by atoms with E-state index in [1.807, 2.05) is 0 Å². The van der Waals surface area contributed by atoms with Crippen molar-refractivity contribution in [3.05, 3.63) is 34.9 Å². The Morgan fingerprint density at radius 2 is 1.82 bits per heavy atom. The Bertz CT molecular complexity index is 426. The number of rotatable bonds is 4. The monoisotopic (exact) mass is 255 g/mol. The van der Waals surface area contributed by atoms with Crippen LogP contribution >= 0.6 is 11.6 Å². The minimum Gasteiger partial charge on any atom is -0.481 e. The maximum Gasteiger partial charge on any atom is 0.310 e. The summed E-state index contributed by atoms with van der Waals surface area (Å²) in [4.78, 5) is 22.5. The Balaban J connectivity index is 2.62. The maximum absolute atomic E-state index is 11.7. The molecule has 0 spiro atoms. The molecule has 0 heterocycles. The number of carboxylic acids is 1. The predicted molar refractivity (Wildman–Crippen MR) is 65.2 cm³/mol. The highest BCUT2D eigenvalue weighted by molar-refractivity contribution is 6.30. The van der Waals surface area contributed by atoms with E-state index in [1.165, 1.54) is 0 Å². The summed E-state index contributed by atoms with van der Waals surface area (Å²) in [7, 11) is 0. The molecule has 0 fully saturated rings. The van der Waals surface area contributed by atoms with Gasteiger partial charge in [0.05, 0.1) is 5.41 Å². The highest BCUT2D eigenvalue weighted by Gasteiger charge is 2.27. The average molecular weight is 256 g/mol. The SMILES string of the molecule is CC(C)(CNC(=O)c1ccc(Cl)cc1)C(=O)O. The number of halogens is 1. The molecule has 2 N–H and O–H groups in total. The van der Waals surface area contributed by atoms with Gasteiger partial charge in [-0.15, -0.1) is 0 Å². The third-order valence-corrected chi connectivity index (χ3v) is 2.63. The molecule has 1 aromatic rings.